The molecule has 0 saturated heterocycles. The van der Waals surface area contributed by atoms with E-state index in [4.69, 9.17) is 0 Å². The van der Waals surface area contributed by atoms with Crippen LogP contribution in [0.4, 0.5) is 0 Å². The Bertz CT molecular complexity index is 750. The van der Waals surface area contributed by atoms with Crippen molar-refractivity contribution in [1.82, 2.24) is 4.98 Å². The first-order chi connectivity index (χ1) is 9.81. The number of pyridine rings is 1. The number of hydrogen-bond donors (Lipinski definition) is 1. The summed E-state index contributed by atoms with van der Waals surface area (Å²) >= 11 is 0. The Hall–Kier alpha value is -2.61. The van der Waals surface area contributed by atoms with Crippen molar-refractivity contribution in [2.75, 3.05) is 0 Å². The van der Waals surface area contributed by atoms with E-state index in [0.29, 0.717) is 5.52 Å². The van der Waals surface area contributed by atoms with Gasteiger partial charge >= 0.3 is 0 Å². The molecule has 1 heterocycles. The first-order valence-corrected chi connectivity index (χ1v) is 6.55. The summed E-state index contributed by atoms with van der Waals surface area (Å²) in [5.41, 5.74) is 2.57. The third kappa shape index (κ3) is 2.05. The lowest BCUT2D eigenvalue weighted by molar-refractivity contribution is 0.473. The molecule has 1 N–H and O–H groups in total. The summed E-state index contributed by atoms with van der Waals surface area (Å²) in [4.78, 5) is 4.27. The summed E-state index contributed by atoms with van der Waals surface area (Å²) in [6.07, 6.45) is 3.54. The summed E-state index contributed by atoms with van der Waals surface area (Å²) in [5.74, 6) is 0.194. The Morgan fingerprint density at radius 3 is 2.55 bits per heavy atom. The fraction of sp³-hybridized carbons (Fsp3) is 0.0556. The zero-order chi connectivity index (χ0) is 13.9. The van der Waals surface area contributed by atoms with Crippen molar-refractivity contribution in [3.8, 4) is 5.75 Å². The Labute approximate surface area is 118 Å². The number of aromatic nitrogens is 1. The predicted octanol–water partition coefficient (Wildman–Crippen LogP) is 4.26. The van der Waals surface area contributed by atoms with E-state index in [9.17, 15) is 5.11 Å². The van der Waals surface area contributed by atoms with Gasteiger partial charge in [0.1, 0.15) is 11.3 Å². The summed E-state index contributed by atoms with van der Waals surface area (Å²) in [5, 5.41) is 11.4. The minimum atomic E-state index is -0.0393. The molecule has 3 rings (SSSR count). The quantitative estimate of drug-likeness (QED) is 0.715. The molecule has 0 amide bonds. The van der Waals surface area contributed by atoms with Crippen LogP contribution >= 0.6 is 0 Å². The maximum absolute atomic E-state index is 10.5. The van der Waals surface area contributed by atoms with E-state index in [0.717, 1.165) is 16.5 Å². The van der Waals surface area contributed by atoms with Crippen LogP contribution in [-0.2, 0) is 0 Å². The van der Waals surface area contributed by atoms with E-state index in [1.165, 1.54) is 0 Å². The number of benzene rings is 2. The van der Waals surface area contributed by atoms with Gasteiger partial charge in [-0.1, -0.05) is 54.6 Å². The molecule has 1 aromatic heterocycles. The highest BCUT2D eigenvalue weighted by atomic mass is 16.3. The molecule has 0 radical (unpaired) electrons. The van der Waals surface area contributed by atoms with Gasteiger partial charge in [-0.3, -0.25) is 4.98 Å². The van der Waals surface area contributed by atoms with Crippen LogP contribution in [0.5, 0.6) is 5.75 Å². The Kier molecular flexibility index (Phi) is 3.21. The van der Waals surface area contributed by atoms with Crippen LogP contribution < -0.4 is 0 Å². The Morgan fingerprint density at radius 1 is 1.00 bits per heavy atom. The molecule has 0 fully saturated rings. The first-order valence-electron chi connectivity index (χ1n) is 6.55. The fourth-order valence-electron chi connectivity index (χ4n) is 2.50. The highest BCUT2D eigenvalue weighted by Crippen LogP contribution is 2.36. The largest absolute Gasteiger partial charge is 0.505 e. The zero-order valence-corrected chi connectivity index (χ0v) is 11.0. The molecule has 2 heteroatoms. The van der Waals surface area contributed by atoms with E-state index in [1.54, 1.807) is 6.20 Å². The molecule has 98 valence electrons. The van der Waals surface area contributed by atoms with Crippen molar-refractivity contribution in [2.45, 2.75) is 5.92 Å². The van der Waals surface area contributed by atoms with Crippen molar-refractivity contribution in [2.24, 2.45) is 0 Å². The van der Waals surface area contributed by atoms with Crippen molar-refractivity contribution in [3.05, 3.63) is 84.6 Å². The molecule has 0 aliphatic heterocycles. The van der Waals surface area contributed by atoms with Crippen LogP contribution in [0.1, 0.15) is 17.0 Å². The minimum Gasteiger partial charge on any atom is -0.505 e. The fourth-order valence-corrected chi connectivity index (χ4v) is 2.50. The van der Waals surface area contributed by atoms with Crippen LogP contribution in [0.25, 0.3) is 10.9 Å². The monoisotopic (exact) mass is 261 g/mol. The second kappa shape index (κ2) is 5.17. The summed E-state index contributed by atoms with van der Waals surface area (Å²) in [6.45, 7) is 3.90. The van der Waals surface area contributed by atoms with Crippen molar-refractivity contribution < 1.29 is 5.11 Å². The predicted molar refractivity (Wildman–Crippen MR) is 81.9 cm³/mol. The maximum Gasteiger partial charge on any atom is 0.145 e. The molecule has 20 heavy (non-hydrogen) atoms. The molecule has 2 nitrogen and oxygen atoms in total. The van der Waals surface area contributed by atoms with E-state index >= 15 is 0 Å². The molecule has 0 aliphatic carbocycles. The number of phenolic OH excluding ortho intramolecular Hbond substituents is 1. The molecular weight excluding hydrogens is 246 g/mol. The average molecular weight is 261 g/mol. The van der Waals surface area contributed by atoms with Crippen LogP contribution in [-0.4, -0.2) is 10.1 Å². The number of nitrogens with zero attached hydrogens (tertiary/aromatic N) is 1. The lowest BCUT2D eigenvalue weighted by Crippen LogP contribution is -1.98. The number of rotatable bonds is 3. The van der Waals surface area contributed by atoms with Gasteiger partial charge in [-0.25, -0.2) is 0 Å². The van der Waals surface area contributed by atoms with Gasteiger partial charge in [0.05, 0.1) is 0 Å². The van der Waals surface area contributed by atoms with Gasteiger partial charge in [0.2, 0.25) is 0 Å². The number of aromatic hydroxyl groups is 1. The molecule has 1 atom stereocenters. The maximum atomic E-state index is 10.5. The molecule has 1 unspecified atom stereocenters. The van der Waals surface area contributed by atoms with Gasteiger partial charge in [-0.2, -0.15) is 0 Å². The number of fused-ring (bicyclic) bond motifs is 1. The third-order valence-electron chi connectivity index (χ3n) is 3.51. The molecule has 0 bridgehead atoms. The average Bonchev–Trinajstić information content (AvgIpc) is 2.51. The molecule has 0 saturated carbocycles. The van der Waals surface area contributed by atoms with Crippen molar-refractivity contribution in [3.63, 3.8) is 0 Å². The van der Waals surface area contributed by atoms with Crippen LogP contribution in [0.3, 0.4) is 0 Å². The highest BCUT2D eigenvalue weighted by Gasteiger charge is 2.16. The summed E-state index contributed by atoms with van der Waals surface area (Å²) in [6, 6.07) is 17.8. The van der Waals surface area contributed by atoms with Gasteiger partial charge in [0.15, 0.2) is 0 Å². The van der Waals surface area contributed by atoms with Gasteiger partial charge in [-0.15, -0.1) is 6.58 Å². The number of phenols is 1. The van der Waals surface area contributed by atoms with Gasteiger partial charge in [0.25, 0.3) is 0 Å². The third-order valence-corrected chi connectivity index (χ3v) is 3.51. The second-order valence-electron chi connectivity index (χ2n) is 4.70. The Balaban J connectivity index is 2.18. The van der Waals surface area contributed by atoms with Crippen LogP contribution in [0.15, 0.2) is 73.4 Å². The zero-order valence-electron chi connectivity index (χ0n) is 11.0. The van der Waals surface area contributed by atoms with Gasteiger partial charge in [0, 0.05) is 23.1 Å². The van der Waals surface area contributed by atoms with Crippen molar-refractivity contribution >= 4 is 10.9 Å². The number of allylic oxidation sites excluding steroid dienone is 1. The smallest absolute Gasteiger partial charge is 0.145 e. The normalized spacial score (nSPS) is 12.2. The molecular formula is C18H15NO. The van der Waals surface area contributed by atoms with E-state index < -0.39 is 0 Å². The first kappa shape index (κ1) is 12.4. The van der Waals surface area contributed by atoms with Gasteiger partial charge in [-0.05, 0) is 11.6 Å². The summed E-state index contributed by atoms with van der Waals surface area (Å²) < 4.78 is 0. The van der Waals surface area contributed by atoms with E-state index in [2.05, 4.69) is 11.6 Å². The highest BCUT2D eigenvalue weighted by molar-refractivity contribution is 5.85. The van der Waals surface area contributed by atoms with Gasteiger partial charge < -0.3 is 5.11 Å². The topological polar surface area (TPSA) is 33.1 Å². The lowest BCUT2D eigenvalue weighted by Gasteiger charge is -2.16. The number of hydrogen-bond acceptors (Lipinski definition) is 2. The van der Waals surface area contributed by atoms with Crippen LogP contribution in [0.2, 0.25) is 0 Å². The van der Waals surface area contributed by atoms with E-state index in [-0.39, 0.29) is 11.7 Å². The standard InChI is InChI=1S/C18H15NO/c1-2-15(13-7-4-3-5-8-13)16-11-10-14-9-6-12-19-17(14)18(16)20/h2-12,15,20H,1H2. The molecule has 0 spiro atoms. The molecule has 0 aliphatic rings. The summed E-state index contributed by atoms with van der Waals surface area (Å²) in [7, 11) is 0. The Morgan fingerprint density at radius 2 is 1.80 bits per heavy atom. The molecule has 2 aromatic carbocycles. The lowest BCUT2D eigenvalue weighted by atomic mass is 9.90. The minimum absolute atomic E-state index is 0.0393. The van der Waals surface area contributed by atoms with Crippen molar-refractivity contribution in [1.29, 1.82) is 0 Å². The van der Waals surface area contributed by atoms with Crippen LogP contribution in [0, 0.1) is 0 Å². The SMILES string of the molecule is C=CC(c1ccccc1)c1ccc2cccnc2c1O. The second-order valence-corrected chi connectivity index (χ2v) is 4.70. The van der Waals surface area contributed by atoms with E-state index in [1.807, 2.05) is 60.7 Å². The molecule has 3 aromatic rings.